The molecule has 120 valence electrons. The molecule has 1 N–H and O–H groups in total. The van der Waals surface area contributed by atoms with Gasteiger partial charge in [0, 0.05) is 14.1 Å². The third kappa shape index (κ3) is 3.89. The SMILES string of the molecule is CN(C)c1ccc(NC(=O)Cc2ccc3c(c2)CCCC3)cn1. The summed E-state index contributed by atoms with van der Waals surface area (Å²) in [5, 5.41) is 2.92. The van der Waals surface area contributed by atoms with Gasteiger partial charge in [0.05, 0.1) is 18.3 Å². The predicted octanol–water partition coefficient (Wildman–Crippen LogP) is 3.21. The van der Waals surface area contributed by atoms with Crippen LogP contribution < -0.4 is 10.2 Å². The second kappa shape index (κ2) is 6.82. The van der Waals surface area contributed by atoms with Crippen LogP contribution in [0, 0.1) is 0 Å². The van der Waals surface area contributed by atoms with Gasteiger partial charge in [-0.1, -0.05) is 18.2 Å². The molecular formula is C19H23N3O. The first kappa shape index (κ1) is 15.5. The molecule has 0 radical (unpaired) electrons. The molecule has 0 atom stereocenters. The van der Waals surface area contributed by atoms with E-state index in [9.17, 15) is 4.79 Å². The van der Waals surface area contributed by atoms with E-state index in [0.717, 1.165) is 23.5 Å². The number of anilines is 2. The Bertz CT molecular complexity index is 692. The molecule has 0 unspecified atom stereocenters. The van der Waals surface area contributed by atoms with E-state index >= 15 is 0 Å². The smallest absolute Gasteiger partial charge is 0.228 e. The normalized spacial score (nSPS) is 13.3. The Labute approximate surface area is 137 Å². The summed E-state index contributed by atoms with van der Waals surface area (Å²) in [4.78, 5) is 18.5. The second-order valence-corrected chi connectivity index (χ2v) is 6.33. The number of rotatable bonds is 4. The quantitative estimate of drug-likeness (QED) is 0.943. The van der Waals surface area contributed by atoms with E-state index in [1.165, 1.54) is 30.4 Å². The van der Waals surface area contributed by atoms with Gasteiger partial charge >= 0.3 is 0 Å². The van der Waals surface area contributed by atoms with Crippen molar-refractivity contribution >= 4 is 17.4 Å². The standard InChI is InChI=1S/C19H23N3O/c1-22(2)18-10-9-17(13-20-18)21-19(23)12-14-7-8-15-5-3-4-6-16(15)11-14/h7-11,13H,3-6,12H2,1-2H3,(H,21,23). The van der Waals surface area contributed by atoms with Gasteiger partial charge in [-0.05, 0) is 54.5 Å². The van der Waals surface area contributed by atoms with Crippen molar-refractivity contribution in [3.05, 3.63) is 53.2 Å². The largest absolute Gasteiger partial charge is 0.363 e. The van der Waals surface area contributed by atoms with Crippen molar-refractivity contribution in [1.82, 2.24) is 4.98 Å². The number of carbonyl (C=O) groups excluding carboxylic acids is 1. The Morgan fingerprint density at radius 3 is 2.61 bits per heavy atom. The third-order valence-corrected chi connectivity index (χ3v) is 4.27. The van der Waals surface area contributed by atoms with Crippen molar-refractivity contribution in [3.8, 4) is 0 Å². The first-order valence-corrected chi connectivity index (χ1v) is 8.16. The maximum atomic E-state index is 12.2. The molecule has 0 saturated heterocycles. The lowest BCUT2D eigenvalue weighted by Crippen LogP contribution is -2.16. The van der Waals surface area contributed by atoms with Crippen molar-refractivity contribution in [1.29, 1.82) is 0 Å². The van der Waals surface area contributed by atoms with Gasteiger partial charge in [-0.3, -0.25) is 4.79 Å². The Morgan fingerprint density at radius 1 is 1.13 bits per heavy atom. The van der Waals surface area contributed by atoms with Crippen LogP contribution in [0.5, 0.6) is 0 Å². The second-order valence-electron chi connectivity index (χ2n) is 6.33. The van der Waals surface area contributed by atoms with Crippen LogP contribution >= 0.6 is 0 Å². The summed E-state index contributed by atoms with van der Waals surface area (Å²) in [6, 6.07) is 10.2. The molecule has 1 aromatic carbocycles. The molecule has 4 heteroatoms. The maximum Gasteiger partial charge on any atom is 0.228 e. The van der Waals surface area contributed by atoms with Crippen molar-refractivity contribution in [2.24, 2.45) is 0 Å². The number of fused-ring (bicyclic) bond motifs is 1. The molecule has 23 heavy (non-hydrogen) atoms. The lowest BCUT2D eigenvalue weighted by atomic mass is 9.90. The first-order chi connectivity index (χ1) is 11.1. The van der Waals surface area contributed by atoms with E-state index in [-0.39, 0.29) is 5.91 Å². The number of nitrogens with one attached hydrogen (secondary N) is 1. The Hall–Kier alpha value is -2.36. The summed E-state index contributed by atoms with van der Waals surface area (Å²) in [7, 11) is 3.88. The zero-order valence-corrected chi connectivity index (χ0v) is 13.8. The van der Waals surface area contributed by atoms with E-state index < -0.39 is 0 Å². The molecule has 0 aliphatic heterocycles. The van der Waals surface area contributed by atoms with E-state index in [1.54, 1.807) is 6.20 Å². The number of hydrogen-bond donors (Lipinski definition) is 1. The van der Waals surface area contributed by atoms with Crippen molar-refractivity contribution < 1.29 is 4.79 Å². The number of carbonyl (C=O) groups is 1. The zero-order chi connectivity index (χ0) is 16.2. The van der Waals surface area contributed by atoms with Crippen LogP contribution in [0.3, 0.4) is 0 Å². The van der Waals surface area contributed by atoms with Crippen molar-refractivity contribution in [3.63, 3.8) is 0 Å². The van der Waals surface area contributed by atoms with Gasteiger partial charge in [0.2, 0.25) is 5.91 Å². The average molecular weight is 309 g/mol. The number of aryl methyl sites for hydroxylation is 2. The van der Waals surface area contributed by atoms with Gasteiger partial charge in [0.15, 0.2) is 0 Å². The number of amides is 1. The molecule has 0 saturated carbocycles. The molecule has 0 bridgehead atoms. The summed E-state index contributed by atoms with van der Waals surface area (Å²) in [6.07, 6.45) is 6.95. The van der Waals surface area contributed by atoms with Gasteiger partial charge in [-0.15, -0.1) is 0 Å². The van der Waals surface area contributed by atoms with Crippen LogP contribution in [-0.4, -0.2) is 25.0 Å². The molecule has 3 rings (SSSR count). The lowest BCUT2D eigenvalue weighted by molar-refractivity contribution is -0.115. The number of nitrogens with zero attached hydrogens (tertiary/aromatic N) is 2. The maximum absolute atomic E-state index is 12.2. The van der Waals surface area contributed by atoms with Gasteiger partial charge in [0.1, 0.15) is 5.82 Å². The van der Waals surface area contributed by atoms with Gasteiger partial charge in [0.25, 0.3) is 0 Å². The fraction of sp³-hybridized carbons (Fsp3) is 0.368. The lowest BCUT2D eigenvalue weighted by Gasteiger charge is -2.16. The van der Waals surface area contributed by atoms with E-state index in [4.69, 9.17) is 0 Å². The van der Waals surface area contributed by atoms with Crippen LogP contribution in [0.25, 0.3) is 0 Å². The van der Waals surface area contributed by atoms with E-state index in [0.29, 0.717) is 6.42 Å². The van der Waals surface area contributed by atoms with E-state index in [1.807, 2.05) is 31.1 Å². The van der Waals surface area contributed by atoms with Crippen LogP contribution in [-0.2, 0) is 24.1 Å². The molecule has 1 heterocycles. The van der Waals surface area contributed by atoms with Crippen LogP contribution in [0.1, 0.15) is 29.5 Å². The summed E-state index contributed by atoms with van der Waals surface area (Å²) in [6.45, 7) is 0. The molecule has 0 spiro atoms. The highest BCUT2D eigenvalue weighted by atomic mass is 16.1. The minimum atomic E-state index is 0.000150. The fourth-order valence-electron chi connectivity index (χ4n) is 3.01. The summed E-state index contributed by atoms with van der Waals surface area (Å²) in [5.41, 5.74) is 4.68. The Morgan fingerprint density at radius 2 is 1.91 bits per heavy atom. The molecule has 1 amide bonds. The third-order valence-electron chi connectivity index (χ3n) is 4.27. The Kier molecular flexibility index (Phi) is 4.60. The molecule has 1 aliphatic rings. The first-order valence-electron chi connectivity index (χ1n) is 8.16. The Balaban J connectivity index is 1.63. The average Bonchev–Trinajstić information content (AvgIpc) is 2.55. The van der Waals surface area contributed by atoms with Crippen LogP contribution in [0.15, 0.2) is 36.5 Å². The molecule has 1 aromatic heterocycles. The fourth-order valence-corrected chi connectivity index (χ4v) is 3.01. The van der Waals surface area contributed by atoms with E-state index in [2.05, 4.69) is 28.5 Å². The number of benzene rings is 1. The summed E-state index contributed by atoms with van der Waals surface area (Å²) < 4.78 is 0. The monoisotopic (exact) mass is 309 g/mol. The summed E-state index contributed by atoms with van der Waals surface area (Å²) in [5.74, 6) is 0.873. The predicted molar refractivity (Wildman–Crippen MR) is 94.0 cm³/mol. The highest BCUT2D eigenvalue weighted by molar-refractivity contribution is 5.92. The van der Waals surface area contributed by atoms with Gasteiger partial charge < -0.3 is 10.2 Å². The highest BCUT2D eigenvalue weighted by Gasteiger charge is 2.11. The van der Waals surface area contributed by atoms with Gasteiger partial charge in [-0.2, -0.15) is 0 Å². The molecule has 2 aromatic rings. The number of pyridine rings is 1. The highest BCUT2D eigenvalue weighted by Crippen LogP contribution is 2.22. The number of hydrogen-bond acceptors (Lipinski definition) is 3. The van der Waals surface area contributed by atoms with Crippen molar-refractivity contribution in [2.45, 2.75) is 32.1 Å². The molecular weight excluding hydrogens is 286 g/mol. The summed E-state index contributed by atoms with van der Waals surface area (Å²) >= 11 is 0. The minimum Gasteiger partial charge on any atom is -0.363 e. The van der Waals surface area contributed by atoms with Gasteiger partial charge in [-0.25, -0.2) is 4.98 Å². The van der Waals surface area contributed by atoms with Crippen molar-refractivity contribution in [2.75, 3.05) is 24.3 Å². The molecule has 4 nitrogen and oxygen atoms in total. The topological polar surface area (TPSA) is 45.2 Å². The van der Waals surface area contributed by atoms with Crippen LogP contribution in [0.2, 0.25) is 0 Å². The minimum absolute atomic E-state index is 0.000150. The molecule has 1 aliphatic carbocycles. The zero-order valence-electron chi connectivity index (χ0n) is 13.8. The molecule has 0 fully saturated rings. The van der Waals surface area contributed by atoms with Crippen LogP contribution in [0.4, 0.5) is 11.5 Å². The number of aromatic nitrogens is 1.